The van der Waals surface area contributed by atoms with Crippen LogP contribution in [-0.4, -0.2) is 43.2 Å². The zero-order valence-corrected chi connectivity index (χ0v) is 17.4. The molecule has 2 aliphatic rings. The Morgan fingerprint density at radius 2 is 1.90 bits per heavy atom. The van der Waals surface area contributed by atoms with Crippen molar-refractivity contribution < 1.29 is 23.8 Å². The Balaban J connectivity index is 1.24. The molecule has 1 saturated heterocycles. The second-order valence-corrected chi connectivity index (χ2v) is 7.82. The average Bonchev–Trinajstić information content (AvgIpc) is 3.22. The summed E-state index contributed by atoms with van der Waals surface area (Å²) in [5.41, 5.74) is 1.57. The molecular formula is C22H23ClN2O5. The van der Waals surface area contributed by atoms with Crippen molar-refractivity contribution in [3.05, 3.63) is 47.0 Å². The summed E-state index contributed by atoms with van der Waals surface area (Å²) in [6.45, 7) is 3.11. The number of ether oxygens (including phenoxy) is 3. The van der Waals surface area contributed by atoms with Gasteiger partial charge in [0.2, 0.25) is 12.7 Å². The van der Waals surface area contributed by atoms with Crippen molar-refractivity contribution in [2.75, 3.05) is 31.8 Å². The number of anilines is 1. The fourth-order valence-electron chi connectivity index (χ4n) is 3.55. The highest BCUT2D eigenvalue weighted by atomic mass is 35.5. The molecule has 2 amide bonds. The Bertz CT molecular complexity index is 957. The number of nitrogens with one attached hydrogen (secondary N) is 1. The van der Waals surface area contributed by atoms with E-state index < -0.39 is 0 Å². The molecule has 1 fully saturated rings. The van der Waals surface area contributed by atoms with Crippen LogP contribution >= 0.6 is 11.6 Å². The first-order valence-corrected chi connectivity index (χ1v) is 10.2. The van der Waals surface area contributed by atoms with Gasteiger partial charge in [0, 0.05) is 35.8 Å². The molecule has 7 nitrogen and oxygen atoms in total. The molecule has 0 radical (unpaired) electrons. The highest BCUT2D eigenvalue weighted by molar-refractivity contribution is 6.31. The number of carbonyl (C=O) groups is 2. The SMILES string of the molecule is Cc1cc(OCC(=O)N2CCC(C(=O)Nc3ccc4c(c3)OCO4)CC2)ccc1Cl. The van der Waals surface area contributed by atoms with Gasteiger partial charge in [-0.25, -0.2) is 0 Å². The number of hydrogen-bond donors (Lipinski definition) is 1. The number of hydrogen-bond acceptors (Lipinski definition) is 5. The van der Waals surface area contributed by atoms with Crippen molar-refractivity contribution in [1.82, 2.24) is 4.90 Å². The molecule has 2 aromatic rings. The summed E-state index contributed by atoms with van der Waals surface area (Å²) in [5, 5.41) is 3.59. The maximum Gasteiger partial charge on any atom is 0.260 e. The number of amides is 2. The van der Waals surface area contributed by atoms with E-state index in [9.17, 15) is 9.59 Å². The Morgan fingerprint density at radius 1 is 1.13 bits per heavy atom. The van der Waals surface area contributed by atoms with Gasteiger partial charge in [-0.15, -0.1) is 0 Å². The van der Waals surface area contributed by atoms with Crippen molar-refractivity contribution in [1.29, 1.82) is 0 Å². The number of carbonyl (C=O) groups excluding carboxylic acids is 2. The fourth-order valence-corrected chi connectivity index (χ4v) is 3.67. The van der Waals surface area contributed by atoms with Gasteiger partial charge in [0.05, 0.1) is 0 Å². The molecule has 4 rings (SSSR count). The summed E-state index contributed by atoms with van der Waals surface area (Å²) < 4.78 is 16.2. The van der Waals surface area contributed by atoms with Gasteiger partial charge in [-0.3, -0.25) is 9.59 Å². The molecule has 0 saturated carbocycles. The van der Waals surface area contributed by atoms with E-state index in [4.69, 9.17) is 25.8 Å². The highest BCUT2D eigenvalue weighted by Gasteiger charge is 2.28. The lowest BCUT2D eigenvalue weighted by Gasteiger charge is -2.31. The van der Waals surface area contributed by atoms with E-state index in [2.05, 4.69) is 5.32 Å². The molecular weight excluding hydrogens is 408 g/mol. The quantitative estimate of drug-likeness (QED) is 0.783. The minimum atomic E-state index is -0.140. The molecule has 2 aromatic carbocycles. The van der Waals surface area contributed by atoms with Crippen molar-refractivity contribution in [3.8, 4) is 17.2 Å². The molecule has 158 valence electrons. The minimum absolute atomic E-state index is 0.0326. The highest BCUT2D eigenvalue weighted by Crippen LogP contribution is 2.34. The summed E-state index contributed by atoms with van der Waals surface area (Å²) in [4.78, 5) is 26.8. The molecule has 8 heteroatoms. The van der Waals surface area contributed by atoms with Crippen LogP contribution in [0.5, 0.6) is 17.2 Å². The van der Waals surface area contributed by atoms with Crippen LogP contribution in [-0.2, 0) is 9.59 Å². The lowest BCUT2D eigenvalue weighted by atomic mass is 9.95. The number of aryl methyl sites for hydroxylation is 1. The Kier molecular flexibility index (Phi) is 5.99. The number of benzene rings is 2. The maximum absolute atomic E-state index is 12.6. The van der Waals surface area contributed by atoms with Crippen LogP contribution in [0, 0.1) is 12.8 Å². The first kappa shape index (κ1) is 20.3. The number of rotatable bonds is 5. The van der Waals surface area contributed by atoms with Crippen LogP contribution in [0.15, 0.2) is 36.4 Å². The van der Waals surface area contributed by atoms with Crippen molar-refractivity contribution >= 4 is 29.1 Å². The number of nitrogens with zero attached hydrogens (tertiary/aromatic N) is 1. The Morgan fingerprint density at radius 3 is 2.67 bits per heavy atom. The van der Waals surface area contributed by atoms with Gasteiger partial charge in [-0.1, -0.05) is 11.6 Å². The Hall–Kier alpha value is -2.93. The van der Waals surface area contributed by atoms with Gasteiger partial charge < -0.3 is 24.4 Å². The summed E-state index contributed by atoms with van der Waals surface area (Å²) in [6, 6.07) is 10.6. The van der Waals surface area contributed by atoms with Crippen LogP contribution in [0.4, 0.5) is 5.69 Å². The summed E-state index contributed by atoms with van der Waals surface area (Å²) in [6.07, 6.45) is 1.23. The average molecular weight is 431 g/mol. The summed E-state index contributed by atoms with van der Waals surface area (Å²) in [7, 11) is 0. The molecule has 0 aromatic heterocycles. The molecule has 0 atom stereocenters. The normalized spacial score (nSPS) is 15.7. The molecule has 0 spiro atoms. The standard InChI is InChI=1S/C22H23ClN2O5/c1-14-10-17(3-4-18(14)23)28-12-21(26)25-8-6-15(7-9-25)22(27)24-16-2-5-19-20(11-16)30-13-29-19/h2-5,10-11,15H,6-9,12-13H2,1H3,(H,24,27). The van der Waals surface area contributed by atoms with Crippen molar-refractivity contribution in [3.63, 3.8) is 0 Å². The second-order valence-electron chi connectivity index (χ2n) is 7.41. The maximum atomic E-state index is 12.6. The predicted molar refractivity (Wildman–Crippen MR) is 112 cm³/mol. The van der Waals surface area contributed by atoms with E-state index in [0.29, 0.717) is 53.9 Å². The molecule has 2 aliphatic heterocycles. The number of likely N-dealkylation sites (tertiary alicyclic amines) is 1. The van der Waals surface area contributed by atoms with Crippen molar-refractivity contribution in [2.24, 2.45) is 5.92 Å². The zero-order chi connectivity index (χ0) is 21.1. The van der Waals surface area contributed by atoms with E-state index >= 15 is 0 Å². The van der Waals surface area contributed by atoms with Gasteiger partial charge in [0.15, 0.2) is 18.1 Å². The lowest BCUT2D eigenvalue weighted by molar-refractivity contribution is -0.136. The third kappa shape index (κ3) is 4.62. The molecule has 2 heterocycles. The van der Waals surface area contributed by atoms with Crippen molar-refractivity contribution in [2.45, 2.75) is 19.8 Å². The topological polar surface area (TPSA) is 77.1 Å². The van der Waals surface area contributed by atoms with Gasteiger partial charge in [-0.2, -0.15) is 0 Å². The monoisotopic (exact) mass is 430 g/mol. The van der Waals surface area contributed by atoms with Crippen LogP contribution < -0.4 is 19.5 Å². The first-order chi connectivity index (χ1) is 14.5. The Labute approximate surface area is 179 Å². The number of halogens is 1. The summed E-state index contributed by atoms with van der Waals surface area (Å²) in [5.74, 6) is 1.65. The number of piperidine rings is 1. The summed E-state index contributed by atoms with van der Waals surface area (Å²) >= 11 is 6.00. The van der Waals surface area contributed by atoms with Crippen LogP contribution in [0.2, 0.25) is 5.02 Å². The van der Waals surface area contributed by atoms with E-state index in [1.807, 2.05) is 13.0 Å². The van der Waals surface area contributed by atoms with E-state index in [-0.39, 0.29) is 31.1 Å². The molecule has 0 unspecified atom stereocenters. The third-order valence-electron chi connectivity index (χ3n) is 5.35. The van der Waals surface area contributed by atoms with E-state index in [1.165, 1.54) is 0 Å². The molecule has 0 aliphatic carbocycles. The third-order valence-corrected chi connectivity index (χ3v) is 5.77. The van der Waals surface area contributed by atoms with Gasteiger partial charge in [-0.05, 0) is 55.7 Å². The molecule has 30 heavy (non-hydrogen) atoms. The van der Waals surface area contributed by atoms with Crippen LogP contribution in [0.1, 0.15) is 18.4 Å². The van der Waals surface area contributed by atoms with E-state index in [1.54, 1.807) is 35.2 Å². The molecule has 1 N–H and O–H groups in total. The second kappa shape index (κ2) is 8.83. The first-order valence-electron chi connectivity index (χ1n) is 9.87. The number of fused-ring (bicyclic) bond motifs is 1. The van der Waals surface area contributed by atoms with Crippen LogP contribution in [0.3, 0.4) is 0 Å². The lowest BCUT2D eigenvalue weighted by Crippen LogP contribution is -2.43. The van der Waals surface area contributed by atoms with Gasteiger partial charge in [0.1, 0.15) is 5.75 Å². The van der Waals surface area contributed by atoms with E-state index in [0.717, 1.165) is 5.56 Å². The largest absolute Gasteiger partial charge is 0.484 e. The van der Waals surface area contributed by atoms with Crippen LogP contribution in [0.25, 0.3) is 0 Å². The predicted octanol–water partition coefficient (Wildman–Crippen LogP) is 3.63. The van der Waals surface area contributed by atoms with Gasteiger partial charge >= 0.3 is 0 Å². The minimum Gasteiger partial charge on any atom is -0.484 e. The fraction of sp³-hybridized carbons (Fsp3) is 0.364. The molecule has 0 bridgehead atoms. The smallest absolute Gasteiger partial charge is 0.260 e. The zero-order valence-electron chi connectivity index (χ0n) is 16.7. The van der Waals surface area contributed by atoms with Gasteiger partial charge in [0.25, 0.3) is 5.91 Å².